The Kier molecular flexibility index (Phi) is 4.98. The molecule has 1 aliphatic rings. The molecule has 8 heteroatoms. The van der Waals surface area contributed by atoms with Crippen LogP contribution in [0.25, 0.3) is 11.3 Å². The summed E-state index contributed by atoms with van der Waals surface area (Å²) in [6.45, 7) is 2.03. The van der Waals surface area contributed by atoms with Crippen molar-refractivity contribution in [3.63, 3.8) is 0 Å². The molecule has 1 N–H and O–H groups in total. The lowest BCUT2D eigenvalue weighted by atomic mass is 9.80. The summed E-state index contributed by atoms with van der Waals surface area (Å²) >= 11 is 1.67. The zero-order valence-corrected chi connectivity index (χ0v) is 15.9. The lowest BCUT2D eigenvalue weighted by molar-refractivity contribution is 0.0865. The number of carbonyl (C=O) groups excluding carboxylic acids is 1. The van der Waals surface area contributed by atoms with E-state index in [0.717, 1.165) is 18.4 Å². The van der Waals surface area contributed by atoms with E-state index in [1.54, 1.807) is 17.8 Å². The van der Waals surface area contributed by atoms with Gasteiger partial charge in [-0.1, -0.05) is 35.5 Å². The standard InChI is InChI=1S/C19H20N4O3S/c1-11(27-2)18-21-22-19(25-18)13-8-14(9-13)20-17(24)16-10-15(23-26-16)12-6-4-3-5-7-12/h3-7,10-11,13-14H,8-9H2,1-2H3,(H,20,24)/t11-,13?,14?/m0/s1. The van der Waals surface area contributed by atoms with Crippen LogP contribution in [-0.2, 0) is 0 Å². The Morgan fingerprint density at radius 3 is 2.78 bits per heavy atom. The van der Waals surface area contributed by atoms with Gasteiger partial charge < -0.3 is 14.3 Å². The van der Waals surface area contributed by atoms with E-state index in [1.807, 2.05) is 43.5 Å². The number of hydrogen-bond donors (Lipinski definition) is 1. The molecule has 1 fully saturated rings. The van der Waals surface area contributed by atoms with E-state index in [-0.39, 0.29) is 28.9 Å². The molecular formula is C19H20N4O3S. The van der Waals surface area contributed by atoms with Crippen LogP contribution in [0.15, 0.2) is 45.3 Å². The molecule has 0 saturated heterocycles. The molecule has 0 bridgehead atoms. The van der Waals surface area contributed by atoms with Gasteiger partial charge in [0, 0.05) is 23.6 Å². The zero-order chi connectivity index (χ0) is 18.8. The molecule has 1 saturated carbocycles. The Morgan fingerprint density at radius 1 is 1.26 bits per heavy atom. The second-order valence-electron chi connectivity index (χ2n) is 6.64. The molecule has 3 aromatic rings. The van der Waals surface area contributed by atoms with Gasteiger partial charge in [0.15, 0.2) is 0 Å². The van der Waals surface area contributed by atoms with Crippen LogP contribution < -0.4 is 5.32 Å². The number of nitrogens with zero attached hydrogens (tertiary/aromatic N) is 3. The Morgan fingerprint density at radius 2 is 2.04 bits per heavy atom. The molecule has 2 heterocycles. The van der Waals surface area contributed by atoms with Gasteiger partial charge >= 0.3 is 0 Å². The summed E-state index contributed by atoms with van der Waals surface area (Å²) in [6, 6.07) is 11.3. The SMILES string of the molecule is CS[C@@H](C)c1nnc(C2CC(NC(=O)c3cc(-c4ccccc4)no3)C2)o1. The van der Waals surface area contributed by atoms with E-state index in [1.165, 1.54) is 0 Å². The van der Waals surface area contributed by atoms with Crippen molar-refractivity contribution in [1.29, 1.82) is 0 Å². The van der Waals surface area contributed by atoms with Crippen LogP contribution in [0, 0.1) is 0 Å². The van der Waals surface area contributed by atoms with Crippen molar-refractivity contribution in [2.24, 2.45) is 0 Å². The minimum Gasteiger partial charge on any atom is -0.424 e. The molecule has 1 aliphatic carbocycles. The average molecular weight is 384 g/mol. The van der Waals surface area contributed by atoms with E-state index >= 15 is 0 Å². The quantitative estimate of drug-likeness (QED) is 0.690. The summed E-state index contributed by atoms with van der Waals surface area (Å²) in [5.41, 5.74) is 1.56. The molecule has 0 spiro atoms. The number of nitrogens with one attached hydrogen (secondary N) is 1. The number of hydrogen-bond acceptors (Lipinski definition) is 7. The predicted molar refractivity (Wildman–Crippen MR) is 101 cm³/mol. The Hall–Kier alpha value is -2.61. The van der Waals surface area contributed by atoms with Crippen LogP contribution in [0.3, 0.4) is 0 Å². The number of thioether (sulfide) groups is 1. The summed E-state index contributed by atoms with van der Waals surface area (Å²) in [5.74, 6) is 1.46. The first kappa shape index (κ1) is 17.8. The van der Waals surface area contributed by atoms with Crippen LogP contribution in [0.1, 0.15) is 53.3 Å². The molecule has 1 aromatic carbocycles. The third kappa shape index (κ3) is 3.75. The number of amides is 1. The fourth-order valence-electron chi connectivity index (χ4n) is 3.00. The summed E-state index contributed by atoms with van der Waals surface area (Å²) in [7, 11) is 0. The van der Waals surface area contributed by atoms with E-state index in [9.17, 15) is 4.79 Å². The number of aromatic nitrogens is 3. The first-order valence-electron chi connectivity index (χ1n) is 8.83. The Balaban J connectivity index is 1.32. The monoisotopic (exact) mass is 384 g/mol. The maximum atomic E-state index is 12.4. The lowest BCUT2D eigenvalue weighted by Gasteiger charge is -2.33. The van der Waals surface area contributed by atoms with Gasteiger partial charge in [0.1, 0.15) is 5.69 Å². The fourth-order valence-corrected chi connectivity index (χ4v) is 3.29. The van der Waals surface area contributed by atoms with Crippen LogP contribution in [-0.4, -0.2) is 33.6 Å². The third-order valence-electron chi connectivity index (χ3n) is 4.78. The molecule has 0 unspecified atom stereocenters. The van der Waals surface area contributed by atoms with Crippen LogP contribution >= 0.6 is 11.8 Å². The Labute approximate surface area is 160 Å². The predicted octanol–water partition coefficient (Wildman–Crippen LogP) is 3.82. The second kappa shape index (κ2) is 7.56. The van der Waals surface area contributed by atoms with Gasteiger partial charge in [-0.05, 0) is 26.0 Å². The summed E-state index contributed by atoms with van der Waals surface area (Å²) in [5, 5.41) is 15.4. The van der Waals surface area contributed by atoms with E-state index in [0.29, 0.717) is 17.5 Å². The highest BCUT2D eigenvalue weighted by Crippen LogP contribution is 2.37. The smallest absolute Gasteiger partial charge is 0.290 e. The molecule has 0 aliphatic heterocycles. The highest BCUT2D eigenvalue weighted by Gasteiger charge is 2.36. The van der Waals surface area contributed by atoms with Gasteiger partial charge in [-0.15, -0.1) is 10.2 Å². The topological polar surface area (TPSA) is 94.1 Å². The molecule has 4 rings (SSSR count). The molecule has 7 nitrogen and oxygen atoms in total. The van der Waals surface area contributed by atoms with Crippen LogP contribution in [0.4, 0.5) is 0 Å². The highest BCUT2D eigenvalue weighted by molar-refractivity contribution is 7.98. The molecule has 27 heavy (non-hydrogen) atoms. The largest absolute Gasteiger partial charge is 0.424 e. The summed E-state index contributed by atoms with van der Waals surface area (Å²) < 4.78 is 10.9. The third-order valence-corrected chi connectivity index (χ3v) is 5.69. The van der Waals surface area contributed by atoms with Crippen molar-refractivity contribution >= 4 is 17.7 Å². The van der Waals surface area contributed by atoms with Gasteiger partial charge in [-0.25, -0.2) is 0 Å². The maximum Gasteiger partial charge on any atom is 0.290 e. The molecule has 2 aromatic heterocycles. The van der Waals surface area contributed by atoms with Crippen molar-refractivity contribution in [2.75, 3.05) is 6.26 Å². The van der Waals surface area contributed by atoms with E-state index in [4.69, 9.17) is 8.94 Å². The number of carbonyl (C=O) groups is 1. The van der Waals surface area contributed by atoms with Crippen LogP contribution in [0.5, 0.6) is 0 Å². The second-order valence-corrected chi connectivity index (χ2v) is 7.82. The minimum absolute atomic E-state index is 0.0705. The Bertz CT molecular complexity index is 918. The zero-order valence-electron chi connectivity index (χ0n) is 15.1. The van der Waals surface area contributed by atoms with E-state index in [2.05, 4.69) is 20.7 Å². The molecule has 0 radical (unpaired) electrons. The van der Waals surface area contributed by atoms with Crippen molar-refractivity contribution in [3.8, 4) is 11.3 Å². The van der Waals surface area contributed by atoms with E-state index < -0.39 is 0 Å². The van der Waals surface area contributed by atoms with Crippen molar-refractivity contribution in [1.82, 2.24) is 20.7 Å². The highest BCUT2D eigenvalue weighted by atomic mass is 32.2. The van der Waals surface area contributed by atoms with Gasteiger partial charge in [-0.3, -0.25) is 4.79 Å². The fraction of sp³-hybridized carbons (Fsp3) is 0.368. The normalized spacial score (nSPS) is 20.1. The number of rotatable bonds is 6. The molecule has 1 atom stereocenters. The van der Waals surface area contributed by atoms with Gasteiger partial charge in [0.05, 0.1) is 5.25 Å². The van der Waals surface area contributed by atoms with Crippen molar-refractivity contribution in [2.45, 2.75) is 37.0 Å². The molecule has 1 amide bonds. The van der Waals surface area contributed by atoms with Crippen molar-refractivity contribution in [3.05, 3.63) is 53.9 Å². The average Bonchev–Trinajstić information content (AvgIpc) is 3.34. The minimum atomic E-state index is -0.254. The van der Waals surface area contributed by atoms with Gasteiger partial charge in [0.2, 0.25) is 17.5 Å². The van der Waals surface area contributed by atoms with Crippen LogP contribution in [0.2, 0.25) is 0 Å². The van der Waals surface area contributed by atoms with Crippen molar-refractivity contribution < 1.29 is 13.7 Å². The number of benzene rings is 1. The summed E-state index contributed by atoms with van der Waals surface area (Å²) in [6.07, 6.45) is 3.57. The molecule has 140 valence electrons. The molecular weight excluding hydrogens is 364 g/mol. The van der Waals surface area contributed by atoms with Gasteiger partial charge in [-0.2, -0.15) is 11.8 Å². The first-order valence-corrected chi connectivity index (χ1v) is 10.1. The summed E-state index contributed by atoms with van der Waals surface area (Å²) in [4.78, 5) is 12.4. The van der Waals surface area contributed by atoms with Gasteiger partial charge in [0.25, 0.3) is 5.91 Å². The maximum absolute atomic E-state index is 12.4. The first-order chi connectivity index (χ1) is 13.1. The lowest BCUT2D eigenvalue weighted by Crippen LogP contribution is -2.43.